The number of fused-ring (bicyclic) bond motifs is 1. The van der Waals surface area contributed by atoms with Crippen molar-refractivity contribution in [1.29, 1.82) is 0 Å². The number of rotatable bonds is 5. The van der Waals surface area contributed by atoms with E-state index in [0.29, 0.717) is 36.9 Å². The minimum absolute atomic E-state index is 0.0147. The smallest absolute Gasteiger partial charge is 0.408 e. The fourth-order valence-electron chi connectivity index (χ4n) is 3.77. The third-order valence-corrected chi connectivity index (χ3v) is 5.25. The van der Waals surface area contributed by atoms with Crippen LogP contribution in [0.1, 0.15) is 17.0 Å². The van der Waals surface area contributed by atoms with Gasteiger partial charge in [-0.25, -0.2) is 18.0 Å². The first-order chi connectivity index (χ1) is 15.0. The molecular formula is C21H20F3N3O4. The van der Waals surface area contributed by atoms with Gasteiger partial charge in [0.25, 0.3) is 0 Å². The Labute approximate surface area is 176 Å². The van der Waals surface area contributed by atoms with Crippen LogP contribution in [-0.4, -0.2) is 49.7 Å². The van der Waals surface area contributed by atoms with Crippen LogP contribution in [0.3, 0.4) is 0 Å². The SMILES string of the molecule is COc1ccc(COC(=O)N[C@@H]2C3=NOCCN3C[C@H]2c2c(F)cc(F)cc2F)cc1. The highest BCUT2D eigenvalue weighted by Crippen LogP contribution is 2.34. The van der Waals surface area contributed by atoms with Crippen LogP contribution >= 0.6 is 0 Å². The number of amides is 1. The second-order valence-corrected chi connectivity index (χ2v) is 7.16. The van der Waals surface area contributed by atoms with Gasteiger partial charge in [-0.1, -0.05) is 17.3 Å². The number of alkyl carbamates (subject to hydrolysis) is 1. The molecule has 164 valence electrons. The molecule has 0 radical (unpaired) electrons. The molecule has 1 saturated heterocycles. The molecule has 1 N–H and O–H groups in total. The Morgan fingerprint density at radius 3 is 2.61 bits per heavy atom. The van der Waals surface area contributed by atoms with Crippen molar-refractivity contribution in [2.24, 2.45) is 5.16 Å². The molecule has 10 heteroatoms. The van der Waals surface area contributed by atoms with E-state index in [1.165, 1.54) is 0 Å². The molecule has 0 spiro atoms. The van der Waals surface area contributed by atoms with Gasteiger partial charge in [-0.2, -0.15) is 0 Å². The van der Waals surface area contributed by atoms with Gasteiger partial charge < -0.3 is 24.5 Å². The van der Waals surface area contributed by atoms with Crippen LogP contribution < -0.4 is 10.1 Å². The van der Waals surface area contributed by atoms with Gasteiger partial charge in [0.05, 0.1) is 13.7 Å². The molecule has 0 aromatic heterocycles. The van der Waals surface area contributed by atoms with Gasteiger partial charge in [0.15, 0.2) is 5.84 Å². The van der Waals surface area contributed by atoms with Gasteiger partial charge in [0.2, 0.25) is 0 Å². The van der Waals surface area contributed by atoms with Crippen molar-refractivity contribution in [3.8, 4) is 5.75 Å². The number of ether oxygens (including phenoxy) is 2. The van der Waals surface area contributed by atoms with Gasteiger partial charge in [-0.3, -0.25) is 0 Å². The number of carbonyl (C=O) groups excluding carboxylic acids is 1. The largest absolute Gasteiger partial charge is 0.497 e. The third-order valence-electron chi connectivity index (χ3n) is 5.25. The number of hydrogen-bond donors (Lipinski definition) is 1. The van der Waals surface area contributed by atoms with Crippen molar-refractivity contribution < 1.29 is 32.3 Å². The quantitative estimate of drug-likeness (QED) is 0.781. The van der Waals surface area contributed by atoms with Crippen LogP contribution in [0.4, 0.5) is 18.0 Å². The molecule has 0 bridgehead atoms. The summed E-state index contributed by atoms with van der Waals surface area (Å²) in [5.74, 6) is -2.90. The lowest BCUT2D eigenvalue weighted by atomic mass is 9.92. The molecule has 2 aromatic rings. The third kappa shape index (κ3) is 4.37. The van der Waals surface area contributed by atoms with E-state index in [1.54, 1.807) is 36.3 Å². The highest BCUT2D eigenvalue weighted by molar-refractivity contribution is 5.93. The number of nitrogens with zero attached hydrogens (tertiary/aromatic N) is 2. The number of carbonyl (C=O) groups is 1. The fraction of sp³-hybridized carbons (Fsp3) is 0.333. The van der Waals surface area contributed by atoms with E-state index in [-0.39, 0.29) is 18.7 Å². The molecule has 4 rings (SSSR count). The maximum atomic E-state index is 14.5. The monoisotopic (exact) mass is 435 g/mol. The number of methoxy groups -OCH3 is 1. The van der Waals surface area contributed by atoms with Gasteiger partial charge in [0, 0.05) is 30.2 Å². The number of amidine groups is 1. The Morgan fingerprint density at radius 1 is 1.23 bits per heavy atom. The average molecular weight is 435 g/mol. The van der Waals surface area contributed by atoms with Gasteiger partial charge in [0.1, 0.15) is 42.5 Å². The van der Waals surface area contributed by atoms with Crippen LogP contribution in [-0.2, 0) is 16.2 Å². The van der Waals surface area contributed by atoms with Crippen LogP contribution in [0.25, 0.3) is 0 Å². The fourth-order valence-corrected chi connectivity index (χ4v) is 3.77. The molecule has 0 aliphatic carbocycles. The summed E-state index contributed by atoms with van der Waals surface area (Å²) in [6, 6.07) is 7.28. The zero-order chi connectivity index (χ0) is 22.0. The number of hydrogen-bond acceptors (Lipinski definition) is 6. The van der Waals surface area contributed by atoms with E-state index >= 15 is 0 Å². The van der Waals surface area contributed by atoms with Crippen molar-refractivity contribution in [2.75, 3.05) is 26.8 Å². The zero-order valence-electron chi connectivity index (χ0n) is 16.6. The average Bonchev–Trinajstić information content (AvgIpc) is 3.10. The summed E-state index contributed by atoms with van der Waals surface area (Å²) in [4.78, 5) is 19.3. The summed E-state index contributed by atoms with van der Waals surface area (Å²) >= 11 is 0. The van der Waals surface area contributed by atoms with Gasteiger partial charge >= 0.3 is 6.09 Å². The molecule has 2 aliphatic rings. The lowest BCUT2D eigenvalue weighted by Gasteiger charge is -2.24. The van der Waals surface area contributed by atoms with E-state index in [0.717, 1.165) is 5.56 Å². The van der Waals surface area contributed by atoms with Crippen LogP contribution in [0, 0.1) is 17.5 Å². The zero-order valence-corrected chi connectivity index (χ0v) is 16.6. The second kappa shape index (κ2) is 8.75. The van der Waals surface area contributed by atoms with Crippen LogP contribution in [0.5, 0.6) is 5.75 Å². The standard InChI is InChI=1S/C21H20F3N3O4/c1-29-14-4-2-12(3-5-14)11-30-21(28)25-19-15(10-27-6-7-31-26-20(19)27)18-16(23)8-13(22)9-17(18)24/h2-5,8-9,15,19H,6-7,10-11H2,1H3,(H,25,28)/t15-,19-/m0/s1. The highest BCUT2D eigenvalue weighted by atomic mass is 19.1. The molecule has 2 atom stereocenters. The number of halogens is 3. The predicted octanol–water partition coefficient (Wildman–Crippen LogP) is 3.15. The van der Waals surface area contributed by atoms with Crippen LogP contribution in [0.15, 0.2) is 41.6 Å². The Bertz CT molecular complexity index is 977. The van der Waals surface area contributed by atoms with Crippen LogP contribution in [0.2, 0.25) is 0 Å². The van der Waals surface area contributed by atoms with E-state index in [4.69, 9.17) is 14.3 Å². The number of benzene rings is 2. The minimum atomic E-state index is -1.03. The van der Waals surface area contributed by atoms with Gasteiger partial charge in [-0.15, -0.1) is 0 Å². The second-order valence-electron chi connectivity index (χ2n) is 7.16. The van der Waals surface area contributed by atoms with E-state index in [1.807, 2.05) is 0 Å². The lowest BCUT2D eigenvalue weighted by Crippen LogP contribution is -2.45. The molecule has 2 aliphatic heterocycles. The Kier molecular flexibility index (Phi) is 5.88. The van der Waals surface area contributed by atoms with Crippen molar-refractivity contribution in [3.05, 3.63) is 65.0 Å². The number of nitrogens with one attached hydrogen (secondary N) is 1. The summed E-state index contributed by atoms with van der Waals surface area (Å²) in [6.07, 6.45) is -0.788. The molecule has 1 fully saturated rings. The summed E-state index contributed by atoms with van der Waals surface area (Å²) in [7, 11) is 1.55. The first kappa shape index (κ1) is 20.8. The maximum Gasteiger partial charge on any atom is 0.408 e. The van der Waals surface area contributed by atoms with Crippen molar-refractivity contribution in [2.45, 2.75) is 18.6 Å². The predicted molar refractivity (Wildman–Crippen MR) is 104 cm³/mol. The highest BCUT2D eigenvalue weighted by Gasteiger charge is 2.44. The van der Waals surface area contributed by atoms with Crippen molar-refractivity contribution >= 4 is 11.9 Å². The Morgan fingerprint density at radius 2 is 1.94 bits per heavy atom. The Balaban J connectivity index is 1.52. The van der Waals surface area contributed by atoms with Crippen molar-refractivity contribution in [3.63, 3.8) is 0 Å². The molecule has 2 aromatic carbocycles. The van der Waals surface area contributed by atoms with E-state index in [2.05, 4.69) is 10.5 Å². The maximum absolute atomic E-state index is 14.5. The first-order valence-corrected chi connectivity index (χ1v) is 9.61. The summed E-state index contributed by atoms with van der Waals surface area (Å²) < 4.78 is 52.6. The molecule has 0 saturated carbocycles. The summed E-state index contributed by atoms with van der Waals surface area (Å²) in [5, 5.41) is 6.58. The molecule has 1 amide bonds. The Hall–Kier alpha value is -3.43. The summed E-state index contributed by atoms with van der Waals surface area (Å²) in [5.41, 5.74) is 0.411. The summed E-state index contributed by atoms with van der Waals surface area (Å²) in [6.45, 7) is 0.919. The van der Waals surface area contributed by atoms with Gasteiger partial charge in [-0.05, 0) is 17.7 Å². The first-order valence-electron chi connectivity index (χ1n) is 9.61. The minimum Gasteiger partial charge on any atom is -0.497 e. The topological polar surface area (TPSA) is 72.4 Å². The number of oxime groups is 1. The molecule has 0 unspecified atom stereocenters. The molecule has 7 nitrogen and oxygen atoms in total. The molecule has 31 heavy (non-hydrogen) atoms. The normalized spacial score (nSPS) is 19.9. The van der Waals surface area contributed by atoms with E-state index in [9.17, 15) is 18.0 Å². The van der Waals surface area contributed by atoms with Crippen molar-refractivity contribution in [1.82, 2.24) is 10.2 Å². The molecular weight excluding hydrogens is 415 g/mol. The molecule has 2 heterocycles. The van der Waals surface area contributed by atoms with E-state index < -0.39 is 35.5 Å². The lowest BCUT2D eigenvalue weighted by molar-refractivity contribution is 0.105.